The third kappa shape index (κ3) is 4.72. The van der Waals surface area contributed by atoms with Gasteiger partial charge in [-0.1, -0.05) is 6.92 Å². The van der Waals surface area contributed by atoms with Crippen molar-refractivity contribution in [1.82, 2.24) is 14.8 Å². The number of fused-ring (bicyclic) bond motifs is 1. The van der Waals surface area contributed by atoms with Gasteiger partial charge in [-0.05, 0) is 51.2 Å². The van der Waals surface area contributed by atoms with Crippen LogP contribution in [0.25, 0.3) is 10.9 Å². The Morgan fingerprint density at radius 3 is 2.71 bits per heavy atom. The summed E-state index contributed by atoms with van der Waals surface area (Å²) in [4.78, 5) is 14.2. The zero-order valence-corrected chi connectivity index (χ0v) is 14.9. The van der Waals surface area contributed by atoms with Gasteiger partial charge in [0, 0.05) is 48.5 Å². The first-order valence-corrected chi connectivity index (χ1v) is 8.32. The molecule has 24 heavy (non-hydrogen) atoms. The molecule has 0 aliphatic carbocycles. The normalized spacial score (nSPS) is 13.9. The number of hydrogen-bond acceptors (Lipinski definition) is 3. The van der Waals surface area contributed by atoms with E-state index in [-0.39, 0.29) is 24.6 Å². The van der Waals surface area contributed by atoms with Gasteiger partial charge in [-0.15, -0.1) is 0 Å². The Hall–Kier alpha value is -2.05. The monoisotopic (exact) mass is 332 g/mol. The summed E-state index contributed by atoms with van der Waals surface area (Å²) in [6, 6.07) is 7.63. The zero-order chi connectivity index (χ0) is 17.7. The summed E-state index contributed by atoms with van der Waals surface area (Å²) in [6.07, 6.45) is 2.07. The maximum absolute atomic E-state index is 12.0. The molecular formula is C18H28N4O2. The van der Waals surface area contributed by atoms with E-state index in [1.165, 1.54) is 0 Å². The van der Waals surface area contributed by atoms with Crippen molar-refractivity contribution in [2.45, 2.75) is 26.4 Å². The number of urea groups is 1. The Morgan fingerprint density at radius 1 is 1.29 bits per heavy atom. The van der Waals surface area contributed by atoms with E-state index in [4.69, 9.17) is 5.11 Å². The molecule has 0 aliphatic heterocycles. The van der Waals surface area contributed by atoms with E-state index in [9.17, 15) is 4.79 Å². The topological polar surface area (TPSA) is 69.5 Å². The Bertz CT molecular complexity index is 681. The van der Waals surface area contributed by atoms with E-state index in [0.717, 1.165) is 29.7 Å². The maximum atomic E-state index is 12.0. The van der Waals surface area contributed by atoms with E-state index in [1.807, 2.05) is 32.0 Å². The van der Waals surface area contributed by atoms with Crippen molar-refractivity contribution in [2.24, 2.45) is 5.92 Å². The number of aliphatic hydroxyl groups excluding tert-OH is 1. The molecule has 132 valence electrons. The summed E-state index contributed by atoms with van der Waals surface area (Å²) in [5, 5.41) is 15.9. The Labute approximate surface area is 143 Å². The van der Waals surface area contributed by atoms with Gasteiger partial charge >= 0.3 is 6.03 Å². The van der Waals surface area contributed by atoms with Gasteiger partial charge in [0.25, 0.3) is 0 Å². The molecule has 2 aromatic rings. The number of amides is 2. The molecule has 1 aromatic carbocycles. The van der Waals surface area contributed by atoms with Gasteiger partial charge in [-0.25, -0.2) is 4.79 Å². The Morgan fingerprint density at radius 2 is 2.04 bits per heavy atom. The molecule has 0 fully saturated rings. The van der Waals surface area contributed by atoms with Crippen LogP contribution >= 0.6 is 0 Å². The second-order valence-corrected chi connectivity index (χ2v) is 6.63. The molecule has 2 amide bonds. The van der Waals surface area contributed by atoms with Crippen molar-refractivity contribution in [1.29, 1.82) is 0 Å². The zero-order valence-electron chi connectivity index (χ0n) is 14.9. The second kappa shape index (κ2) is 8.17. The van der Waals surface area contributed by atoms with Crippen LogP contribution in [0.3, 0.4) is 0 Å². The summed E-state index contributed by atoms with van der Waals surface area (Å²) in [5.74, 6) is 0.0176. The largest absolute Gasteiger partial charge is 0.396 e. The van der Waals surface area contributed by atoms with Crippen molar-refractivity contribution in [3.63, 3.8) is 0 Å². The number of carbonyl (C=O) groups is 1. The van der Waals surface area contributed by atoms with Gasteiger partial charge < -0.3 is 25.2 Å². The van der Waals surface area contributed by atoms with Crippen LogP contribution in [0.15, 0.2) is 30.5 Å². The van der Waals surface area contributed by atoms with Crippen molar-refractivity contribution >= 4 is 22.6 Å². The molecular weight excluding hydrogens is 304 g/mol. The Balaban J connectivity index is 2.02. The van der Waals surface area contributed by atoms with Crippen LogP contribution in [0.4, 0.5) is 10.5 Å². The molecule has 0 spiro atoms. The summed E-state index contributed by atoms with van der Waals surface area (Å²) < 4.78 is 2.21. The van der Waals surface area contributed by atoms with Gasteiger partial charge in [0.1, 0.15) is 0 Å². The highest BCUT2D eigenvalue weighted by Gasteiger charge is 2.14. The molecule has 0 saturated carbocycles. The van der Waals surface area contributed by atoms with Crippen molar-refractivity contribution in [3.8, 4) is 0 Å². The number of rotatable bonds is 7. The van der Waals surface area contributed by atoms with Crippen LogP contribution in [-0.4, -0.2) is 53.9 Å². The molecule has 1 aromatic heterocycles. The highest BCUT2D eigenvalue weighted by molar-refractivity contribution is 5.93. The quantitative estimate of drug-likeness (QED) is 0.729. The average molecular weight is 332 g/mol. The van der Waals surface area contributed by atoms with Crippen molar-refractivity contribution < 1.29 is 9.90 Å². The first kappa shape index (κ1) is 18.3. The molecule has 0 saturated heterocycles. The van der Waals surface area contributed by atoms with Crippen LogP contribution in [0.2, 0.25) is 0 Å². The minimum absolute atomic E-state index is 0.0176. The van der Waals surface area contributed by atoms with Crippen LogP contribution < -0.4 is 10.6 Å². The number of nitrogens with zero attached hydrogens (tertiary/aromatic N) is 2. The standard InChI is InChI=1S/C18H28N4O2/c1-13(12-23)14(2)19-18(24)20-16-5-6-17-15(11-16)7-8-22(17)10-9-21(3)4/h5-8,11,13-14,23H,9-10,12H2,1-4H3,(H2,19,20,24)/t13-,14-/m1/s1. The van der Waals surface area contributed by atoms with Gasteiger partial charge in [-0.3, -0.25) is 0 Å². The summed E-state index contributed by atoms with van der Waals surface area (Å²) in [5.41, 5.74) is 1.92. The number of likely N-dealkylation sites (N-methyl/N-ethyl adjacent to an activating group) is 1. The molecule has 3 N–H and O–H groups in total. The fourth-order valence-corrected chi connectivity index (χ4v) is 2.45. The first-order chi connectivity index (χ1) is 11.4. The fraction of sp³-hybridized carbons (Fsp3) is 0.500. The van der Waals surface area contributed by atoms with E-state index in [0.29, 0.717) is 0 Å². The van der Waals surface area contributed by atoms with E-state index >= 15 is 0 Å². The van der Waals surface area contributed by atoms with Gasteiger partial charge in [0.15, 0.2) is 0 Å². The maximum Gasteiger partial charge on any atom is 0.319 e. The first-order valence-electron chi connectivity index (χ1n) is 8.32. The number of benzene rings is 1. The molecule has 6 heteroatoms. The van der Waals surface area contributed by atoms with Crippen molar-refractivity contribution in [2.75, 3.05) is 32.6 Å². The molecule has 2 rings (SSSR count). The second-order valence-electron chi connectivity index (χ2n) is 6.63. The van der Waals surface area contributed by atoms with Crippen LogP contribution in [-0.2, 0) is 6.54 Å². The number of nitrogens with one attached hydrogen (secondary N) is 2. The van der Waals surface area contributed by atoms with Crippen LogP contribution in [0.1, 0.15) is 13.8 Å². The van der Waals surface area contributed by atoms with Gasteiger partial charge in [0.05, 0.1) is 0 Å². The molecule has 0 aliphatic rings. The molecule has 0 bridgehead atoms. The molecule has 2 atom stereocenters. The van der Waals surface area contributed by atoms with Gasteiger partial charge in [0.2, 0.25) is 0 Å². The van der Waals surface area contributed by atoms with Gasteiger partial charge in [-0.2, -0.15) is 0 Å². The van der Waals surface area contributed by atoms with Crippen LogP contribution in [0.5, 0.6) is 0 Å². The number of anilines is 1. The summed E-state index contributed by atoms with van der Waals surface area (Å²) in [7, 11) is 4.12. The fourth-order valence-electron chi connectivity index (χ4n) is 2.45. The number of hydrogen-bond donors (Lipinski definition) is 3. The number of carbonyl (C=O) groups excluding carboxylic acids is 1. The lowest BCUT2D eigenvalue weighted by Gasteiger charge is -2.19. The molecule has 1 heterocycles. The smallest absolute Gasteiger partial charge is 0.319 e. The lowest BCUT2D eigenvalue weighted by molar-refractivity contribution is 0.204. The third-order valence-corrected chi connectivity index (χ3v) is 4.32. The summed E-state index contributed by atoms with van der Waals surface area (Å²) >= 11 is 0. The SMILES string of the molecule is C[C@H](CO)[C@@H](C)NC(=O)Nc1ccc2c(ccn2CCN(C)C)c1. The van der Waals surface area contributed by atoms with E-state index in [1.54, 1.807) is 0 Å². The highest BCUT2D eigenvalue weighted by Crippen LogP contribution is 2.20. The molecule has 0 radical (unpaired) electrons. The third-order valence-electron chi connectivity index (χ3n) is 4.32. The summed E-state index contributed by atoms with van der Waals surface area (Å²) in [6.45, 7) is 5.74. The lowest BCUT2D eigenvalue weighted by Crippen LogP contribution is -2.40. The predicted octanol–water partition coefficient (Wildman–Crippen LogP) is 2.34. The van der Waals surface area contributed by atoms with Crippen LogP contribution in [0, 0.1) is 5.92 Å². The Kier molecular flexibility index (Phi) is 6.23. The molecule has 6 nitrogen and oxygen atoms in total. The molecule has 0 unspecified atom stereocenters. The minimum Gasteiger partial charge on any atom is -0.396 e. The number of aliphatic hydroxyl groups is 1. The van der Waals surface area contributed by atoms with E-state index < -0.39 is 0 Å². The van der Waals surface area contributed by atoms with E-state index in [2.05, 4.69) is 46.5 Å². The predicted molar refractivity (Wildman–Crippen MR) is 98.4 cm³/mol. The minimum atomic E-state index is -0.255. The lowest BCUT2D eigenvalue weighted by atomic mass is 10.1. The average Bonchev–Trinajstić information content (AvgIpc) is 2.94. The highest BCUT2D eigenvalue weighted by atomic mass is 16.3. The number of aromatic nitrogens is 1. The van der Waals surface area contributed by atoms with Crippen molar-refractivity contribution in [3.05, 3.63) is 30.5 Å².